The van der Waals surface area contributed by atoms with Crippen molar-refractivity contribution in [2.75, 3.05) is 16.5 Å². The minimum atomic E-state index is 0.551. The molecule has 3 rings (SSSR count). The van der Waals surface area contributed by atoms with Crippen LogP contribution in [0.25, 0.3) is 0 Å². The first-order valence-corrected chi connectivity index (χ1v) is 10.3. The highest BCUT2D eigenvalue weighted by atomic mass is 35.5. The van der Waals surface area contributed by atoms with Gasteiger partial charge in [0.15, 0.2) is 5.13 Å². The molecule has 144 valence electrons. The van der Waals surface area contributed by atoms with Gasteiger partial charge in [0, 0.05) is 15.6 Å². The monoisotopic (exact) mass is 430 g/mol. The largest absolute Gasteiger partial charge is 0.313 e. The average molecular weight is 431 g/mol. The van der Waals surface area contributed by atoms with Gasteiger partial charge in [-0.25, -0.2) is 4.98 Å². The molecule has 0 saturated carbocycles. The molecule has 1 N–H and O–H groups in total. The Labute approximate surface area is 179 Å². The van der Waals surface area contributed by atoms with Gasteiger partial charge in [-0.3, -0.25) is 4.79 Å². The van der Waals surface area contributed by atoms with Crippen LogP contribution in [0.5, 0.6) is 0 Å². The number of rotatable bonds is 6. The van der Waals surface area contributed by atoms with Crippen LogP contribution in [-0.4, -0.2) is 17.6 Å². The Hall–Kier alpha value is -2.53. The van der Waals surface area contributed by atoms with Crippen molar-refractivity contribution in [1.82, 2.24) is 4.98 Å². The van der Waals surface area contributed by atoms with Gasteiger partial charge in [-0.1, -0.05) is 35.1 Å². The van der Waals surface area contributed by atoms with E-state index in [0.717, 1.165) is 21.3 Å². The van der Waals surface area contributed by atoms with Gasteiger partial charge in [0.2, 0.25) is 6.41 Å². The van der Waals surface area contributed by atoms with E-state index in [9.17, 15) is 4.79 Å². The predicted octanol–water partition coefficient (Wildman–Crippen LogP) is 5.43. The number of amides is 1. The number of halogens is 1. The molecule has 5 nitrogen and oxygen atoms in total. The van der Waals surface area contributed by atoms with Gasteiger partial charge in [-0.15, -0.1) is 0 Å². The standard InChI is InChI=1S/C19H15ClN4OS.CH4S/c1-13-18(22-12-25)23-19(26-13)24(11-15-2-6-16(20)7-3-15)17-8-4-14(10-21)5-9-17;1-2/h2-9,12H,11H2,1H3,(H,22,25);2H,1H3. The van der Waals surface area contributed by atoms with E-state index in [2.05, 4.69) is 29.0 Å². The summed E-state index contributed by atoms with van der Waals surface area (Å²) in [4.78, 5) is 18.3. The van der Waals surface area contributed by atoms with Crippen molar-refractivity contribution in [3.63, 3.8) is 0 Å². The van der Waals surface area contributed by atoms with Gasteiger partial charge in [0.1, 0.15) is 5.82 Å². The highest BCUT2D eigenvalue weighted by Gasteiger charge is 2.17. The number of nitrogens with one attached hydrogen (secondary N) is 1. The minimum absolute atomic E-state index is 0.551. The highest BCUT2D eigenvalue weighted by Crippen LogP contribution is 2.35. The van der Waals surface area contributed by atoms with Crippen molar-refractivity contribution in [2.24, 2.45) is 0 Å². The number of carbonyl (C=O) groups excluding carboxylic acids is 1. The van der Waals surface area contributed by atoms with E-state index in [1.807, 2.05) is 48.2 Å². The lowest BCUT2D eigenvalue weighted by atomic mass is 10.2. The SMILES string of the molecule is CS.Cc1sc(N(Cc2ccc(Cl)cc2)c2ccc(C#N)cc2)nc1NC=O. The fourth-order valence-electron chi connectivity index (χ4n) is 2.45. The Kier molecular flexibility index (Phi) is 8.33. The topological polar surface area (TPSA) is 69.0 Å². The van der Waals surface area contributed by atoms with Crippen molar-refractivity contribution in [2.45, 2.75) is 13.5 Å². The Morgan fingerprint density at radius 1 is 1.21 bits per heavy atom. The first kappa shape index (κ1) is 21.8. The van der Waals surface area contributed by atoms with Gasteiger partial charge in [0.25, 0.3) is 0 Å². The van der Waals surface area contributed by atoms with E-state index in [1.165, 1.54) is 11.3 Å². The molecule has 1 amide bonds. The van der Waals surface area contributed by atoms with Crippen LogP contribution in [0, 0.1) is 18.3 Å². The van der Waals surface area contributed by atoms with Crippen molar-refractivity contribution < 1.29 is 4.79 Å². The normalized spacial score (nSPS) is 9.68. The van der Waals surface area contributed by atoms with Crippen LogP contribution < -0.4 is 10.2 Å². The summed E-state index contributed by atoms with van der Waals surface area (Å²) >= 11 is 11.0. The molecule has 0 aliphatic heterocycles. The Balaban J connectivity index is 0.00000136. The number of hydrogen-bond donors (Lipinski definition) is 2. The van der Waals surface area contributed by atoms with E-state index in [4.69, 9.17) is 16.9 Å². The first-order valence-electron chi connectivity index (χ1n) is 8.25. The third kappa shape index (κ3) is 5.49. The summed E-state index contributed by atoms with van der Waals surface area (Å²) in [5, 5.41) is 13.1. The van der Waals surface area contributed by atoms with Gasteiger partial charge < -0.3 is 10.2 Å². The highest BCUT2D eigenvalue weighted by molar-refractivity contribution is 7.79. The minimum Gasteiger partial charge on any atom is -0.313 e. The Morgan fingerprint density at radius 2 is 1.86 bits per heavy atom. The quantitative estimate of drug-likeness (QED) is 0.404. The van der Waals surface area contributed by atoms with Crippen LogP contribution in [0.1, 0.15) is 16.0 Å². The summed E-state index contributed by atoms with van der Waals surface area (Å²) in [5.74, 6) is 0.551. The average Bonchev–Trinajstić information content (AvgIpc) is 3.09. The third-order valence-electron chi connectivity index (χ3n) is 3.77. The molecule has 1 heterocycles. The molecule has 0 bridgehead atoms. The Morgan fingerprint density at radius 3 is 2.43 bits per heavy atom. The van der Waals surface area contributed by atoms with Crippen LogP contribution in [0.4, 0.5) is 16.6 Å². The second-order valence-electron chi connectivity index (χ2n) is 5.53. The molecule has 0 aliphatic carbocycles. The summed E-state index contributed by atoms with van der Waals surface area (Å²) in [5.41, 5.74) is 2.57. The fourth-order valence-corrected chi connectivity index (χ4v) is 3.46. The van der Waals surface area contributed by atoms with Gasteiger partial charge in [0.05, 0.1) is 18.2 Å². The number of benzene rings is 2. The number of thiazole rings is 1. The number of aromatic nitrogens is 1. The lowest BCUT2D eigenvalue weighted by molar-refractivity contribution is -0.105. The van der Waals surface area contributed by atoms with Crippen LogP contribution in [0.3, 0.4) is 0 Å². The molecular formula is C20H19ClN4OS2. The number of aryl methyl sites for hydroxylation is 1. The molecule has 0 atom stereocenters. The number of hydrogen-bond acceptors (Lipinski definition) is 6. The number of anilines is 3. The van der Waals surface area contributed by atoms with E-state index in [1.54, 1.807) is 18.4 Å². The molecule has 2 aromatic carbocycles. The zero-order valence-electron chi connectivity index (χ0n) is 15.4. The lowest BCUT2D eigenvalue weighted by Crippen LogP contribution is -2.16. The second-order valence-corrected chi connectivity index (χ2v) is 7.15. The second kappa shape index (κ2) is 10.7. The maximum absolute atomic E-state index is 10.8. The summed E-state index contributed by atoms with van der Waals surface area (Å²) < 4.78 is 0. The molecule has 0 saturated heterocycles. The van der Waals surface area contributed by atoms with E-state index >= 15 is 0 Å². The number of nitriles is 1. The van der Waals surface area contributed by atoms with Crippen molar-refractivity contribution in [1.29, 1.82) is 5.26 Å². The molecule has 0 fully saturated rings. The smallest absolute Gasteiger partial charge is 0.212 e. The maximum Gasteiger partial charge on any atom is 0.212 e. The summed E-state index contributed by atoms with van der Waals surface area (Å²) in [7, 11) is 0. The zero-order chi connectivity index (χ0) is 20.5. The van der Waals surface area contributed by atoms with Crippen molar-refractivity contribution in [3.05, 3.63) is 69.6 Å². The molecule has 0 unspecified atom stereocenters. The maximum atomic E-state index is 10.8. The molecule has 0 radical (unpaired) electrons. The zero-order valence-corrected chi connectivity index (χ0v) is 17.9. The summed E-state index contributed by atoms with van der Waals surface area (Å²) in [6, 6.07) is 17.1. The summed E-state index contributed by atoms with van der Waals surface area (Å²) in [6.45, 7) is 2.49. The van der Waals surface area contributed by atoms with Gasteiger partial charge >= 0.3 is 0 Å². The summed E-state index contributed by atoms with van der Waals surface area (Å²) in [6.07, 6.45) is 2.32. The fraction of sp³-hybridized carbons (Fsp3) is 0.150. The molecule has 3 aromatic rings. The Bertz CT molecular complexity index is 950. The van der Waals surface area contributed by atoms with Crippen LogP contribution >= 0.6 is 35.6 Å². The van der Waals surface area contributed by atoms with Crippen LogP contribution in [0.2, 0.25) is 5.02 Å². The van der Waals surface area contributed by atoms with E-state index < -0.39 is 0 Å². The first-order chi connectivity index (χ1) is 13.6. The van der Waals surface area contributed by atoms with Crippen molar-refractivity contribution in [3.8, 4) is 6.07 Å². The number of carbonyl (C=O) groups is 1. The van der Waals surface area contributed by atoms with E-state index in [0.29, 0.717) is 29.4 Å². The van der Waals surface area contributed by atoms with Crippen molar-refractivity contribution >= 4 is 58.6 Å². The molecule has 1 aromatic heterocycles. The van der Waals surface area contributed by atoms with Crippen LogP contribution in [0.15, 0.2) is 48.5 Å². The third-order valence-corrected chi connectivity index (χ3v) is 5.02. The molecule has 28 heavy (non-hydrogen) atoms. The van der Waals surface area contributed by atoms with Gasteiger partial charge in [-0.05, 0) is 55.1 Å². The molecular weight excluding hydrogens is 412 g/mol. The van der Waals surface area contributed by atoms with Crippen LogP contribution in [-0.2, 0) is 11.3 Å². The molecule has 8 heteroatoms. The number of nitrogens with zero attached hydrogens (tertiary/aromatic N) is 3. The van der Waals surface area contributed by atoms with Gasteiger partial charge in [-0.2, -0.15) is 17.9 Å². The predicted molar refractivity (Wildman–Crippen MR) is 120 cm³/mol. The number of thiol groups is 1. The van der Waals surface area contributed by atoms with E-state index in [-0.39, 0.29) is 0 Å². The molecule has 0 aliphatic rings. The molecule has 0 spiro atoms. The lowest BCUT2D eigenvalue weighted by Gasteiger charge is -2.22.